The van der Waals surface area contributed by atoms with Crippen molar-refractivity contribution in [1.29, 1.82) is 0 Å². The molecule has 21 heavy (non-hydrogen) atoms. The molecule has 0 saturated carbocycles. The van der Waals surface area contributed by atoms with Gasteiger partial charge in [0, 0.05) is 24.7 Å². The molecule has 4 nitrogen and oxygen atoms in total. The van der Waals surface area contributed by atoms with Crippen molar-refractivity contribution in [3.8, 4) is 0 Å². The van der Waals surface area contributed by atoms with E-state index in [4.69, 9.17) is 0 Å². The maximum Gasteiger partial charge on any atom is 0.435 e. The van der Waals surface area contributed by atoms with Crippen molar-refractivity contribution in [2.75, 3.05) is 19.3 Å². The first-order valence-electron chi connectivity index (χ1n) is 6.77. The highest BCUT2D eigenvalue weighted by molar-refractivity contribution is 7.99. The fourth-order valence-corrected chi connectivity index (χ4v) is 2.83. The van der Waals surface area contributed by atoms with Crippen LogP contribution >= 0.6 is 11.8 Å². The summed E-state index contributed by atoms with van der Waals surface area (Å²) in [4.78, 5) is 13.9. The van der Waals surface area contributed by atoms with E-state index in [0.29, 0.717) is 18.8 Å². The van der Waals surface area contributed by atoms with Gasteiger partial charge in [0.2, 0.25) is 5.91 Å². The SMILES string of the molecule is CS[C@@H](C)C(=O)N1CCC[C@@H](c2cc(C(F)(F)F)n[nH]2)C1. The van der Waals surface area contributed by atoms with E-state index in [9.17, 15) is 18.0 Å². The Kier molecular flexibility index (Phi) is 4.85. The fourth-order valence-electron chi connectivity index (χ4n) is 2.48. The lowest BCUT2D eigenvalue weighted by Gasteiger charge is -2.33. The number of hydrogen-bond acceptors (Lipinski definition) is 3. The van der Waals surface area contributed by atoms with Gasteiger partial charge in [-0.25, -0.2) is 0 Å². The predicted molar refractivity (Wildman–Crippen MR) is 75.1 cm³/mol. The Morgan fingerprint density at radius 3 is 2.86 bits per heavy atom. The van der Waals surface area contributed by atoms with Crippen LogP contribution < -0.4 is 0 Å². The molecular weight excluding hydrogens is 303 g/mol. The molecule has 2 rings (SSSR count). The van der Waals surface area contributed by atoms with Gasteiger partial charge in [-0.3, -0.25) is 9.89 Å². The molecule has 1 aliphatic rings. The summed E-state index contributed by atoms with van der Waals surface area (Å²) in [5, 5.41) is 5.67. The molecule has 0 aliphatic carbocycles. The number of carbonyl (C=O) groups is 1. The average Bonchev–Trinajstić information content (AvgIpc) is 2.95. The normalized spacial score (nSPS) is 21.4. The van der Waals surface area contributed by atoms with Crippen molar-refractivity contribution in [1.82, 2.24) is 15.1 Å². The number of nitrogens with zero attached hydrogens (tertiary/aromatic N) is 2. The first-order chi connectivity index (χ1) is 9.82. The van der Waals surface area contributed by atoms with Crippen molar-refractivity contribution in [3.05, 3.63) is 17.5 Å². The molecule has 0 aromatic carbocycles. The van der Waals surface area contributed by atoms with Crippen LogP contribution in [0, 0.1) is 0 Å². The monoisotopic (exact) mass is 321 g/mol. The van der Waals surface area contributed by atoms with Crippen LogP contribution in [0.25, 0.3) is 0 Å². The molecule has 2 heterocycles. The number of halogens is 3. The van der Waals surface area contributed by atoms with Gasteiger partial charge in [-0.1, -0.05) is 0 Å². The first kappa shape index (κ1) is 16.2. The van der Waals surface area contributed by atoms with E-state index >= 15 is 0 Å². The van der Waals surface area contributed by atoms with Crippen molar-refractivity contribution in [2.24, 2.45) is 0 Å². The van der Waals surface area contributed by atoms with Gasteiger partial charge in [0.15, 0.2) is 5.69 Å². The number of carbonyl (C=O) groups excluding carboxylic acids is 1. The molecule has 1 fully saturated rings. The Morgan fingerprint density at radius 2 is 2.29 bits per heavy atom. The van der Waals surface area contributed by atoms with Gasteiger partial charge in [-0.05, 0) is 32.1 Å². The third-order valence-electron chi connectivity index (χ3n) is 3.76. The van der Waals surface area contributed by atoms with Gasteiger partial charge in [-0.15, -0.1) is 0 Å². The zero-order chi connectivity index (χ0) is 15.6. The van der Waals surface area contributed by atoms with Crippen LogP contribution in [0.1, 0.15) is 37.1 Å². The summed E-state index contributed by atoms with van der Waals surface area (Å²) in [5.41, 5.74) is -0.449. The number of H-pyrrole nitrogens is 1. The van der Waals surface area contributed by atoms with E-state index in [1.807, 2.05) is 13.2 Å². The van der Waals surface area contributed by atoms with Gasteiger partial charge in [0.05, 0.1) is 5.25 Å². The maximum absolute atomic E-state index is 12.6. The van der Waals surface area contributed by atoms with Crippen LogP contribution in [0.5, 0.6) is 0 Å². The molecule has 1 aliphatic heterocycles. The van der Waals surface area contributed by atoms with Crippen LogP contribution in [-0.4, -0.2) is 45.6 Å². The number of amides is 1. The van der Waals surface area contributed by atoms with Gasteiger partial charge < -0.3 is 4.90 Å². The number of aromatic nitrogens is 2. The number of likely N-dealkylation sites (tertiary alicyclic amines) is 1. The summed E-state index contributed by atoms with van der Waals surface area (Å²) < 4.78 is 37.7. The number of aromatic amines is 1. The third kappa shape index (κ3) is 3.72. The topological polar surface area (TPSA) is 49.0 Å². The minimum Gasteiger partial charge on any atom is -0.341 e. The largest absolute Gasteiger partial charge is 0.435 e. The number of thioether (sulfide) groups is 1. The first-order valence-corrected chi connectivity index (χ1v) is 8.05. The van der Waals surface area contributed by atoms with Crippen LogP contribution in [0.2, 0.25) is 0 Å². The van der Waals surface area contributed by atoms with E-state index < -0.39 is 11.9 Å². The molecule has 0 radical (unpaired) electrons. The molecule has 0 spiro atoms. The number of nitrogens with one attached hydrogen (secondary N) is 1. The summed E-state index contributed by atoms with van der Waals surface area (Å²) in [5.74, 6) is -0.0666. The lowest BCUT2D eigenvalue weighted by atomic mass is 9.94. The predicted octanol–water partition coefficient (Wildman–Crippen LogP) is 2.89. The van der Waals surface area contributed by atoms with Gasteiger partial charge in [0.1, 0.15) is 0 Å². The molecule has 8 heteroatoms. The van der Waals surface area contributed by atoms with Crippen molar-refractivity contribution < 1.29 is 18.0 Å². The fraction of sp³-hybridized carbons (Fsp3) is 0.692. The Balaban J connectivity index is 2.07. The highest BCUT2D eigenvalue weighted by Gasteiger charge is 2.35. The second-order valence-corrected chi connectivity index (χ2v) is 6.39. The number of hydrogen-bond donors (Lipinski definition) is 1. The zero-order valence-corrected chi connectivity index (χ0v) is 12.7. The maximum atomic E-state index is 12.6. The van der Waals surface area contributed by atoms with E-state index in [2.05, 4.69) is 10.2 Å². The van der Waals surface area contributed by atoms with E-state index in [0.717, 1.165) is 18.9 Å². The minimum absolute atomic E-state index is 0.0442. The van der Waals surface area contributed by atoms with E-state index in [-0.39, 0.29) is 17.1 Å². The molecule has 118 valence electrons. The van der Waals surface area contributed by atoms with Gasteiger partial charge in [-0.2, -0.15) is 30.0 Å². The van der Waals surface area contributed by atoms with Crippen LogP contribution in [-0.2, 0) is 11.0 Å². The molecule has 2 atom stereocenters. The number of rotatable bonds is 3. The third-order valence-corrected chi connectivity index (χ3v) is 4.67. The Labute approximate surface area is 125 Å². The Morgan fingerprint density at radius 1 is 1.57 bits per heavy atom. The van der Waals surface area contributed by atoms with E-state index in [1.54, 1.807) is 4.90 Å². The second-order valence-electron chi connectivity index (χ2n) is 5.21. The standard InChI is InChI=1S/C13H18F3N3OS/c1-8(21-2)12(20)19-5-3-4-9(7-19)10-6-11(18-17-10)13(14,15)16/h6,8-9H,3-5,7H2,1-2H3,(H,17,18)/t8-,9+/m0/s1. The van der Waals surface area contributed by atoms with Crippen molar-refractivity contribution in [2.45, 2.75) is 37.1 Å². The Hall–Kier alpha value is -1.18. The smallest absolute Gasteiger partial charge is 0.341 e. The highest BCUT2D eigenvalue weighted by Crippen LogP contribution is 2.32. The quantitative estimate of drug-likeness (QED) is 0.931. The molecule has 1 saturated heterocycles. The summed E-state index contributed by atoms with van der Waals surface area (Å²) in [7, 11) is 0. The Bertz CT molecular complexity index is 503. The average molecular weight is 321 g/mol. The highest BCUT2D eigenvalue weighted by atomic mass is 32.2. The summed E-state index contributed by atoms with van der Waals surface area (Å²) >= 11 is 1.47. The molecule has 0 bridgehead atoms. The number of alkyl halides is 3. The van der Waals surface area contributed by atoms with Crippen LogP contribution in [0.4, 0.5) is 13.2 Å². The molecule has 1 amide bonds. The van der Waals surface area contributed by atoms with Crippen molar-refractivity contribution >= 4 is 17.7 Å². The zero-order valence-electron chi connectivity index (χ0n) is 11.9. The molecule has 1 N–H and O–H groups in total. The molecule has 0 unspecified atom stereocenters. The summed E-state index contributed by atoms with van der Waals surface area (Å²) in [6, 6.07) is 1.05. The number of piperidine rings is 1. The second kappa shape index (κ2) is 6.29. The van der Waals surface area contributed by atoms with Gasteiger partial charge >= 0.3 is 6.18 Å². The minimum atomic E-state index is -4.44. The van der Waals surface area contributed by atoms with E-state index in [1.165, 1.54) is 11.8 Å². The lowest BCUT2D eigenvalue weighted by molar-refractivity contribution is -0.141. The summed E-state index contributed by atoms with van der Waals surface area (Å²) in [6.45, 7) is 2.96. The van der Waals surface area contributed by atoms with Crippen LogP contribution in [0.3, 0.4) is 0 Å². The van der Waals surface area contributed by atoms with Crippen LogP contribution in [0.15, 0.2) is 6.07 Å². The lowest BCUT2D eigenvalue weighted by Crippen LogP contribution is -2.42. The molecular formula is C13H18F3N3OS. The molecule has 1 aromatic heterocycles. The van der Waals surface area contributed by atoms with Crippen molar-refractivity contribution in [3.63, 3.8) is 0 Å². The summed E-state index contributed by atoms with van der Waals surface area (Å²) in [6.07, 6.45) is -1.02. The van der Waals surface area contributed by atoms with Gasteiger partial charge in [0.25, 0.3) is 0 Å². The molecule has 1 aromatic rings.